The lowest BCUT2D eigenvalue weighted by molar-refractivity contribution is -0.121. The van der Waals surface area contributed by atoms with Crippen LogP contribution >= 0.6 is 23.2 Å². The van der Waals surface area contributed by atoms with Gasteiger partial charge in [0, 0.05) is 28.4 Å². The first-order valence-corrected chi connectivity index (χ1v) is 7.50. The van der Waals surface area contributed by atoms with Crippen LogP contribution < -0.4 is 10.6 Å². The summed E-state index contributed by atoms with van der Waals surface area (Å²) in [4.78, 5) is 11.8. The number of hydrogen-bond acceptors (Lipinski definition) is 2. The Morgan fingerprint density at radius 2 is 1.85 bits per heavy atom. The van der Waals surface area contributed by atoms with Crippen LogP contribution in [-0.2, 0) is 10.2 Å². The van der Waals surface area contributed by atoms with Crippen molar-refractivity contribution < 1.29 is 4.79 Å². The average molecular weight is 317 g/mol. The van der Waals surface area contributed by atoms with Crippen LogP contribution in [0.5, 0.6) is 0 Å². The van der Waals surface area contributed by atoms with Crippen LogP contribution in [0.3, 0.4) is 0 Å². The van der Waals surface area contributed by atoms with Crippen molar-refractivity contribution in [2.45, 2.75) is 32.1 Å². The molecule has 112 valence electrons. The monoisotopic (exact) mass is 316 g/mol. The van der Waals surface area contributed by atoms with E-state index in [-0.39, 0.29) is 11.3 Å². The van der Waals surface area contributed by atoms with Crippen molar-refractivity contribution >= 4 is 29.1 Å². The molecule has 1 rings (SSSR count). The standard InChI is InChI=1S/C15H22Cl2N2O/c1-15(2,10-19-13(20)8-5-9-18-3)14-11(16)6-4-7-12(14)17/h4,6-7,18H,5,8-10H2,1-3H3,(H,19,20). The van der Waals surface area contributed by atoms with Crippen molar-refractivity contribution in [1.29, 1.82) is 0 Å². The van der Waals surface area contributed by atoms with E-state index < -0.39 is 0 Å². The van der Waals surface area contributed by atoms with Gasteiger partial charge in [0.05, 0.1) is 0 Å². The van der Waals surface area contributed by atoms with Crippen molar-refractivity contribution in [2.24, 2.45) is 0 Å². The molecule has 0 heterocycles. The van der Waals surface area contributed by atoms with E-state index in [0.717, 1.165) is 18.5 Å². The molecule has 0 saturated heterocycles. The van der Waals surface area contributed by atoms with Crippen molar-refractivity contribution in [3.05, 3.63) is 33.8 Å². The van der Waals surface area contributed by atoms with Crippen LogP contribution in [0.4, 0.5) is 0 Å². The number of rotatable bonds is 7. The largest absolute Gasteiger partial charge is 0.355 e. The van der Waals surface area contributed by atoms with Crippen molar-refractivity contribution in [3.8, 4) is 0 Å². The van der Waals surface area contributed by atoms with Crippen molar-refractivity contribution in [2.75, 3.05) is 20.1 Å². The highest BCUT2D eigenvalue weighted by molar-refractivity contribution is 6.36. The summed E-state index contributed by atoms with van der Waals surface area (Å²) >= 11 is 12.5. The van der Waals surface area contributed by atoms with Crippen LogP contribution in [0, 0.1) is 0 Å². The highest BCUT2D eigenvalue weighted by Crippen LogP contribution is 2.35. The summed E-state index contributed by atoms with van der Waals surface area (Å²) in [5.41, 5.74) is 0.563. The summed E-state index contributed by atoms with van der Waals surface area (Å²) in [5.74, 6) is 0.0523. The third-order valence-electron chi connectivity index (χ3n) is 3.20. The SMILES string of the molecule is CNCCCC(=O)NCC(C)(C)c1c(Cl)cccc1Cl. The highest BCUT2D eigenvalue weighted by Gasteiger charge is 2.26. The predicted octanol–water partition coefficient (Wildman–Crippen LogP) is 3.39. The van der Waals surface area contributed by atoms with Gasteiger partial charge < -0.3 is 10.6 Å². The summed E-state index contributed by atoms with van der Waals surface area (Å²) in [6.07, 6.45) is 1.35. The lowest BCUT2D eigenvalue weighted by Crippen LogP contribution is -2.37. The molecule has 0 spiro atoms. The number of hydrogen-bond donors (Lipinski definition) is 2. The minimum atomic E-state index is -0.311. The highest BCUT2D eigenvalue weighted by atomic mass is 35.5. The molecule has 1 aromatic rings. The molecule has 0 unspecified atom stereocenters. The second kappa shape index (κ2) is 7.87. The van der Waals surface area contributed by atoms with Crippen LogP contribution in [0.2, 0.25) is 10.0 Å². The Morgan fingerprint density at radius 3 is 2.40 bits per heavy atom. The summed E-state index contributed by atoms with van der Waals surface area (Å²) < 4.78 is 0. The maximum absolute atomic E-state index is 11.8. The van der Waals surface area contributed by atoms with Gasteiger partial charge in [0.1, 0.15) is 0 Å². The molecule has 20 heavy (non-hydrogen) atoms. The molecule has 0 radical (unpaired) electrons. The minimum Gasteiger partial charge on any atom is -0.355 e. The minimum absolute atomic E-state index is 0.0523. The smallest absolute Gasteiger partial charge is 0.220 e. The Kier molecular flexibility index (Phi) is 6.80. The van der Waals surface area contributed by atoms with Crippen molar-refractivity contribution in [3.63, 3.8) is 0 Å². The van der Waals surface area contributed by atoms with E-state index in [9.17, 15) is 4.79 Å². The number of carbonyl (C=O) groups excluding carboxylic acids is 1. The molecule has 1 aromatic carbocycles. The molecule has 0 atom stereocenters. The molecule has 0 aliphatic heterocycles. The quantitative estimate of drug-likeness (QED) is 0.757. The molecule has 5 heteroatoms. The molecule has 0 aliphatic carbocycles. The zero-order valence-electron chi connectivity index (χ0n) is 12.2. The van der Waals surface area contributed by atoms with E-state index >= 15 is 0 Å². The van der Waals surface area contributed by atoms with Crippen molar-refractivity contribution in [1.82, 2.24) is 10.6 Å². The molecule has 0 bridgehead atoms. The number of nitrogens with one attached hydrogen (secondary N) is 2. The van der Waals surface area contributed by atoms with Gasteiger partial charge in [0.15, 0.2) is 0 Å². The molecule has 0 fully saturated rings. The van der Waals surface area contributed by atoms with Gasteiger partial charge in [-0.15, -0.1) is 0 Å². The van der Waals surface area contributed by atoms with E-state index in [1.807, 2.05) is 39.1 Å². The Balaban J connectivity index is 2.64. The van der Waals surface area contributed by atoms with E-state index in [1.165, 1.54) is 0 Å². The lowest BCUT2D eigenvalue weighted by atomic mass is 9.84. The zero-order chi connectivity index (χ0) is 15.2. The van der Waals surface area contributed by atoms with Gasteiger partial charge in [-0.3, -0.25) is 4.79 Å². The molecule has 1 amide bonds. The van der Waals surface area contributed by atoms with E-state index in [4.69, 9.17) is 23.2 Å². The Hall–Kier alpha value is -0.770. The Bertz CT molecular complexity index is 441. The topological polar surface area (TPSA) is 41.1 Å². The molecule has 0 aromatic heterocycles. The number of benzene rings is 1. The van der Waals surface area contributed by atoms with Gasteiger partial charge in [0.25, 0.3) is 0 Å². The van der Waals surface area contributed by atoms with Gasteiger partial charge in [-0.2, -0.15) is 0 Å². The fourth-order valence-corrected chi connectivity index (χ4v) is 2.98. The first-order chi connectivity index (χ1) is 9.38. The molecule has 0 aliphatic rings. The first-order valence-electron chi connectivity index (χ1n) is 6.74. The van der Waals surface area contributed by atoms with Crippen LogP contribution in [0.25, 0.3) is 0 Å². The van der Waals surface area contributed by atoms with E-state index in [2.05, 4.69) is 10.6 Å². The maximum Gasteiger partial charge on any atom is 0.220 e. The third-order valence-corrected chi connectivity index (χ3v) is 3.83. The summed E-state index contributed by atoms with van der Waals surface area (Å²) in [6.45, 7) is 5.39. The fraction of sp³-hybridized carbons (Fsp3) is 0.533. The average Bonchev–Trinajstić information content (AvgIpc) is 2.36. The molecular weight excluding hydrogens is 295 g/mol. The summed E-state index contributed by atoms with van der Waals surface area (Å²) in [6, 6.07) is 5.46. The zero-order valence-corrected chi connectivity index (χ0v) is 13.7. The molecular formula is C15H22Cl2N2O. The second-order valence-electron chi connectivity index (χ2n) is 5.46. The second-order valence-corrected chi connectivity index (χ2v) is 6.28. The third kappa shape index (κ3) is 4.97. The summed E-state index contributed by atoms with van der Waals surface area (Å²) in [5, 5.41) is 7.23. The maximum atomic E-state index is 11.8. The van der Waals surface area contributed by atoms with Crippen LogP contribution in [0.15, 0.2) is 18.2 Å². The van der Waals surface area contributed by atoms with Gasteiger partial charge in [-0.1, -0.05) is 43.1 Å². The van der Waals surface area contributed by atoms with Gasteiger partial charge in [-0.25, -0.2) is 0 Å². The van der Waals surface area contributed by atoms with E-state index in [0.29, 0.717) is 23.0 Å². The summed E-state index contributed by atoms with van der Waals surface area (Å²) in [7, 11) is 1.88. The molecule has 2 N–H and O–H groups in total. The van der Waals surface area contributed by atoms with Crippen LogP contribution in [0.1, 0.15) is 32.3 Å². The number of carbonyl (C=O) groups is 1. The van der Waals surface area contributed by atoms with E-state index in [1.54, 1.807) is 0 Å². The lowest BCUT2D eigenvalue weighted by Gasteiger charge is -2.27. The predicted molar refractivity (Wildman–Crippen MR) is 85.7 cm³/mol. The van der Waals surface area contributed by atoms with Crippen LogP contribution in [-0.4, -0.2) is 26.0 Å². The van der Waals surface area contributed by atoms with Gasteiger partial charge >= 0.3 is 0 Å². The van der Waals surface area contributed by atoms with Gasteiger partial charge in [0.2, 0.25) is 5.91 Å². The first kappa shape index (κ1) is 17.3. The number of halogens is 2. The normalized spacial score (nSPS) is 11.4. The fourth-order valence-electron chi connectivity index (χ4n) is 2.07. The Labute approximate surface area is 131 Å². The van der Waals surface area contributed by atoms with Gasteiger partial charge in [-0.05, 0) is 37.7 Å². The molecule has 3 nitrogen and oxygen atoms in total. The number of amides is 1. The molecule has 0 saturated carbocycles. The Morgan fingerprint density at radius 1 is 1.25 bits per heavy atom.